The molecule has 5 aromatic carbocycles. The number of fused-ring (bicyclic) bond motifs is 3. The molecule has 0 N–H and O–H groups in total. The van der Waals surface area contributed by atoms with Crippen molar-refractivity contribution in [3.05, 3.63) is 193 Å². The van der Waals surface area contributed by atoms with E-state index < -0.39 is 8.07 Å². The van der Waals surface area contributed by atoms with E-state index in [4.69, 9.17) is 9.40 Å². The Kier molecular flexibility index (Phi) is 14.6. The van der Waals surface area contributed by atoms with Gasteiger partial charge in [-0.2, -0.15) is 0 Å². The maximum Gasteiger partial charge on any atom is 0.144 e. The van der Waals surface area contributed by atoms with Crippen LogP contribution in [0.4, 0.5) is 0 Å². The van der Waals surface area contributed by atoms with Crippen LogP contribution < -0.4 is 5.19 Å². The zero-order valence-corrected chi connectivity index (χ0v) is 39.0. The third-order valence-electron chi connectivity index (χ3n) is 10.6. The summed E-state index contributed by atoms with van der Waals surface area (Å²) >= 11 is 0. The summed E-state index contributed by atoms with van der Waals surface area (Å²) < 4.78 is 6.28. The van der Waals surface area contributed by atoms with E-state index in [1.807, 2.05) is 54.9 Å². The molecule has 60 heavy (non-hydrogen) atoms. The van der Waals surface area contributed by atoms with Gasteiger partial charge >= 0.3 is 0 Å². The Hall–Kier alpha value is -5.78. The maximum absolute atomic E-state index is 6.28. The largest absolute Gasteiger partial charge is 0.455 e. The molecule has 0 spiro atoms. The molecule has 0 aliphatic carbocycles. The first-order valence-electron chi connectivity index (χ1n) is 20.6. The maximum atomic E-state index is 6.28. The molecule has 9 rings (SSSR count). The minimum atomic E-state index is -1.33. The molecule has 6 heteroatoms. The molecule has 0 unspecified atom stereocenters. The Bertz CT molecular complexity index is 2760. The Morgan fingerprint density at radius 3 is 1.80 bits per heavy atom. The standard InChI is InChI=1S/C24H17NO.C17H23NSi.C13H13N.Ir/c1-16-8-10-17(11-9-16)18-12-13-19-20-5-4-6-21(22-7-2-3-14-25-22)24(20)26-23(19)15-18;1-13(2)15-11-16(14-9-7-6-8-10-14)18-12-17(15)19(3,4)5;1-2-11-8-9-14-13(10-11)12-6-4-3-5-7-12;/h2-15H,1H3;6-13H,1-5H3;3-10H,2H2,1H3;. The van der Waals surface area contributed by atoms with Crippen LogP contribution in [0.5, 0.6) is 0 Å². The van der Waals surface area contributed by atoms with Crippen LogP contribution in [0.2, 0.25) is 19.6 Å². The van der Waals surface area contributed by atoms with Gasteiger partial charge in [0.15, 0.2) is 0 Å². The summed E-state index contributed by atoms with van der Waals surface area (Å²) in [5.41, 5.74) is 14.7. The molecule has 9 aromatic rings. The molecule has 0 amide bonds. The summed E-state index contributed by atoms with van der Waals surface area (Å²) in [7, 11) is -1.33. The predicted octanol–water partition coefficient (Wildman–Crippen LogP) is 14.3. The van der Waals surface area contributed by atoms with E-state index in [1.165, 1.54) is 38.6 Å². The fourth-order valence-corrected chi connectivity index (χ4v) is 8.93. The van der Waals surface area contributed by atoms with Crippen molar-refractivity contribution in [3.63, 3.8) is 0 Å². The molecule has 4 heterocycles. The number of aromatic nitrogens is 3. The van der Waals surface area contributed by atoms with E-state index in [0.29, 0.717) is 5.92 Å². The van der Waals surface area contributed by atoms with Crippen LogP contribution in [0.3, 0.4) is 0 Å². The van der Waals surface area contributed by atoms with Crippen molar-refractivity contribution in [3.8, 4) is 44.9 Å². The van der Waals surface area contributed by atoms with Crippen LogP contribution in [0.1, 0.15) is 43.4 Å². The molecule has 0 bridgehead atoms. The molecule has 0 atom stereocenters. The van der Waals surface area contributed by atoms with E-state index in [2.05, 4.69) is 179 Å². The molecule has 0 aliphatic heterocycles. The number of benzene rings is 5. The van der Waals surface area contributed by atoms with Crippen LogP contribution in [0.25, 0.3) is 66.8 Å². The number of hydrogen-bond donors (Lipinski definition) is 0. The van der Waals surface area contributed by atoms with Crippen LogP contribution in [0.15, 0.2) is 181 Å². The predicted molar refractivity (Wildman–Crippen MR) is 253 cm³/mol. The van der Waals surface area contributed by atoms with Gasteiger partial charge in [0, 0.05) is 66.2 Å². The molecule has 0 saturated carbocycles. The van der Waals surface area contributed by atoms with Gasteiger partial charge in [0.1, 0.15) is 11.2 Å². The molecule has 4 aromatic heterocycles. The van der Waals surface area contributed by atoms with E-state index >= 15 is 0 Å². The topological polar surface area (TPSA) is 51.8 Å². The van der Waals surface area contributed by atoms with Crippen molar-refractivity contribution in [1.82, 2.24) is 15.0 Å². The second-order valence-electron chi connectivity index (χ2n) is 16.3. The Labute approximate surface area is 370 Å². The van der Waals surface area contributed by atoms with Crippen LogP contribution in [-0.2, 0) is 26.5 Å². The van der Waals surface area contributed by atoms with Crippen molar-refractivity contribution in [2.45, 2.75) is 59.7 Å². The molecular formula is C54H53IrN3OSi. The van der Waals surface area contributed by atoms with E-state index in [1.54, 1.807) is 0 Å². The zero-order chi connectivity index (χ0) is 41.4. The average Bonchev–Trinajstić information content (AvgIpc) is 3.66. The molecular weight excluding hydrogens is 927 g/mol. The first kappa shape index (κ1) is 43.8. The SMILES string of the molecule is CC(C)c1cc(-c2ccccc2)ncc1[Si](C)(C)C.CCc1ccnc(-c2ccccc2)c1.Cc1ccc(-c2ccc3c(c2)oc2c(-c4ccccn4)cccc23)cc1.[Ir]. The molecule has 303 valence electrons. The van der Waals surface area contributed by atoms with Gasteiger partial charge in [-0.25, -0.2) is 0 Å². The summed E-state index contributed by atoms with van der Waals surface area (Å²) in [6.45, 7) is 16.0. The number of hydrogen-bond acceptors (Lipinski definition) is 4. The van der Waals surface area contributed by atoms with Gasteiger partial charge in [0.25, 0.3) is 0 Å². The Morgan fingerprint density at radius 2 is 1.18 bits per heavy atom. The van der Waals surface area contributed by atoms with Gasteiger partial charge in [-0.1, -0.05) is 155 Å². The number of rotatable bonds is 7. The Balaban J connectivity index is 0.000000158. The quantitative estimate of drug-likeness (QED) is 0.149. The smallest absolute Gasteiger partial charge is 0.144 e. The molecule has 0 saturated heterocycles. The first-order chi connectivity index (χ1) is 28.6. The van der Waals surface area contributed by atoms with Crippen molar-refractivity contribution in [2.75, 3.05) is 0 Å². The normalized spacial score (nSPS) is 11.0. The summed E-state index contributed by atoms with van der Waals surface area (Å²) in [5.74, 6) is 0.548. The summed E-state index contributed by atoms with van der Waals surface area (Å²) in [5, 5.41) is 3.74. The third-order valence-corrected chi connectivity index (χ3v) is 12.6. The number of furan rings is 1. The Morgan fingerprint density at radius 1 is 0.550 bits per heavy atom. The van der Waals surface area contributed by atoms with Gasteiger partial charge in [-0.3, -0.25) is 15.0 Å². The molecule has 0 aliphatic rings. The number of pyridine rings is 3. The number of aryl methyl sites for hydroxylation is 2. The van der Waals surface area contributed by atoms with Gasteiger partial charge in [0.05, 0.1) is 25.2 Å². The van der Waals surface area contributed by atoms with Crippen molar-refractivity contribution < 1.29 is 24.5 Å². The van der Waals surface area contributed by atoms with Crippen molar-refractivity contribution in [1.29, 1.82) is 0 Å². The van der Waals surface area contributed by atoms with E-state index in [0.717, 1.165) is 56.6 Å². The van der Waals surface area contributed by atoms with Gasteiger partial charge in [0.2, 0.25) is 0 Å². The monoisotopic (exact) mass is 980 g/mol. The van der Waals surface area contributed by atoms with Crippen molar-refractivity contribution in [2.24, 2.45) is 0 Å². The van der Waals surface area contributed by atoms with Crippen LogP contribution in [-0.4, -0.2) is 23.0 Å². The van der Waals surface area contributed by atoms with Gasteiger partial charge in [-0.05, 0) is 95.2 Å². The minimum Gasteiger partial charge on any atom is -0.455 e. The van der Waals surface area contributed by atoms with Crippen LogP contribution >= 0.6 is 0 Å². The van der Waals surface area contributed by atoms with Crippen molar-refractivity contribution >= 4 is 35.2 Å². The zero-order valence-electron chi connectivity index (χ0n) is 35.6. The number of para-hydroxylation sites is 1. The summed E-state index contributed by atoms with van der Waals surface area (Å²) in [6.07, 6.45) is 6.86. The van der Waals surface area contributed by atoms with E-state index in [9.17, 15) is 0 Å². The molecule has 1 radical (unpaired) electrons. The van der Waals surface area contributed by atoms with Gasteiger partial charge < -0.3 is 4.42 Å². The second-order valence-corrected chi connectivity index (χ2v) is 21.3. The fraction of sp³-hybridized carbons (Fsp3) is 0.167. The van der Waals surface area contributed by atoms with Crippen LogP contribution in [0, 0.1) is 6.92 Å². The first-order valence-corrected chi connectivity index (χ1v) is 24.1. The van der Waals surface area contributed by atoms with Gasteiger partial charge in [-0.15, -0.1) is 0 Å². The summed E-state index contributed by atoms with van der Waals surface area (Å²) in [6, 6.07) is 54.4. The average molecular weight is 980 g/mol. The third kappa shape index (κ3) is 10.5. The number of nitrogens with zero attached hydrogens (tertiary/aromatic N) is 3. The molecule has 0 fully saturated rings. The summed E-state index contributed by atoms with van der Waals surface area (Å²) in [4.78, 5) is 13.5. The van der Waals surface area contributed by atoms with E-state index in [-0.39, 0.29) is 20.1 Å². The second kappa shape index (κ2) is 20.0. The minimum absolute atomic E-state index is 0. The molecule has 4 nitrogen and oxygen atoms in total. The fourth-order valence-electron chi connectivity index (χ4n) is 7.25.